The van der Waals surface area contributed by atoms with Gasteiger partial charge in [-0.2, -0.15) is 0 Å². The van der Waals surface area contributed by atoms with E-state index in [9.17, 15) is 9.59 Å². The Morgan fingerprint density at radius 1 is 1.46 bits per heavy atom. The first kappa shape index (κ1) is 18.2. The van der Waals surface area contributed by atoms with Crippen LogP contribution in [0.1, 0.15) is 26.7 Å². The van der Waals surface area contributed by atoms with Crippen LogP contribution in [0.4, 0.5) is 5.82 Å². The van der Waals surface area contributed by atoms with Crippen molar-refractivity contribution in [3.8, 4) is 5.75 Å². The predicted molar refractivity (Wildman–Crippen MR) is 92.1 cm³/mol. The van der Waals surface area contributed by atoms with Gasteiger partial charge in [0.2, 0.25) is 0 Å². The van der Waals surface area contributed by atoms with E-state index in [1.54, 1.807) is 23.2 Å². The van der Waals surface area contributed by atoms with Crippen LogP contribution < -0.4 is 15.0 Å². The topological polar surface area (TPSA) is 74.8 Å². The largest absolute Gasteiger partial charge is 0.464 e. The van der Waals surface area contributed by atoms with E-state index in [2.05, 4.69) is 17.2 Å². The quantitative estimate of drug-likeness (QED) is 0.754. The molecule has 132 valence electrons. The second kappa shape index (κ2) is 7.61. The Labute approximate surface area is 143 Å². The molecule has 2 amide bonds. The lowest BCUT2D eigenvalue weighted by atomic mass is 10.0. The van der Waals surface area contributed by atoms with Crippen molar-refractivity contribution in [3.63, 3.8) is 0 Å². The van der Waals surface area contributed by atoms with Crippen molar-refractivity contribution < 1.29 is 14.3 Å². The molecule has 1 aromatic heterocycles. The van der Waals surface area contributed by atoms with Crippen LogP contribution in [0.15, 0.2) is 18.3 Å². The number of aromatic nitrogens is 1. The van der Waals surface area contributed by atoms with E-state index in [0.29, 0.717) is 31.2 Å². The van der Waals surface area contributed by atoms with Crippen molar-refractivity contribution >= 4 is 17.6 Å². The second-order valence-electron chi connectivity index (χ2n) is 6.33. The number of pyridine rings is 1. The van der Waals surface area contributed by atoms with Gasteiger partial charge in [0.1, 0.15) is 0 Å². The standard InChI is InChI=1S/C17H26N4O3/c1-5-6-11-21-14-13(8-7-9-18-14)24-17(2,16(21)23)15(22)19-10-12-20(3)4/h7-9H,5-6,10-12H2,1-4H3,(H,19,22)/t17-/m0/s1. The number of nitrogens with zero attached hydrogens (tertiary/aromatic N) is 3. The van der Waals surface area contributed by atoms with Crippen molar-refractivity contribution in [3.05, 3.63) is 18.3 Å². The molecule has 24 heavy (non-hydrogen) atoms. The van der Waals surface area contributed by atoms with E-state index >= 15 is 0 Å². The molecule has 2 heterocycles. The van der Waals surface area contributed by atoms with Gasteiger partial charge in [0.05, 0.1) is 0 Å². The second-order valence-corrected chi connectivity index (χ2v) is 6.33. The number of nitrogens with one attached hydrogen (secondary N) is 1. The molecule has 0 aromatic carbocycles. The van der Waals surface area contributed by atoms with Gasteiger partial charge in [-0.3, -0.25) is 14.5 Å². The molecule has 0 bridgehead atoms. The van der Waals surface area contributed by atoms with Gasteiger partial charge in [-0.25, -0.2) is 4.98 Å². The molecule has 0 radical (unpaired) electrons. The maximum Gasteiger partial charge on any atom is 0.282 e. The van der Waals surface area contributed by atoms with Crippen LogP contribution in [-0.4, -0.2) is 61.0 Å². The van der Waals surface area contributed by atoms with Gasteiger partial charge in [0.15, 0.2) is 11.6 Å². The molecule has 7 nitrogen and oxygen atoms in total. The van der Waals surface area contributed by atoms with Crippen molar-refractivity contribution in [2.24, 2.45) is 0 Å². The molecule has 7 heteroatoms. The summed E-state index contributed by atoms with van der Waals surface area (Å²) < 4.78 is 5.78. The minimum absolute atomic E-state index is 0.371. The number of hydrogen-bond donors (Lipinski definition) is 1. The van der Waals surface area contributed by atoms with Crippen LogP contribution in [0.3, 0.4) is 0 Å². The molecular formula is C17H26N4O3. The molecule has 0 saturated heterocycles. The first-order valence-electron chi connectivity index (χ1n) is 8.29. The molecular weight excluding hydrogens is 308 g/mol. The van der Waals surface area contributed by atoms with Gasteiger partial charge < -0.3 is 15.0 Å². The summed E-state index contributed by atoms with van der Waals surface area (Å²) in [6.45, 7) is 5.23. The van der Waals surface area contributed by atoms with Crippen LogP contribution in [-0.2, 0) is 9.59 Å². The average Bonchev–Trinajstić information content (AvgIpc) is 2.55. The first-order valence-corrected chi connectivity index (χ1v) is 8.29. The maximum absolute atomic E-state index is 12.9. The van der Waals surface area contributed by atoms with Crippen LogP contribution in [0.25, 0.3) is 0 Å². The number of carbonyl (C=O) groups is 2. The van der Waals surface area contributed by atoms with Gasteiger partial charge in [-0.15, -0.1) is 0 Å². The summed E-state index contributed by atoms with van der Waals surface area (Å²) in [4.78, 5) is 33.3. The fourth-order valence-corrected chi connectivity index (χ4v) is 2.51. The summed E-state index contributed by atoms with van der Waals surface area (Å²) in [6, 6.07) is 3.47. The van der Waals surface area contributed by atoms with Gasteiger partial charge >= 0.3 is 0 Å². The Kier molecular flexibility index (Phi) is 5.77. The van der Waals surface area contributed by atoms with Crippen LogP contribution >= 0.6 is 0 Å². The lowest BCUT2D eigenvalue weighted by Gasteiger charge is -2.38. The summed E-state index contributed by atoms with van der Waals surface area (Å²) in [6.07, 6.45) is 3.40. The smallest absolute Gasteiger partial charge is 0.282 e. The lowest BCUT2D eigenvalue weighted by Crippen LogP contribution is -2.62. The molecule has 0 unspecified atom stereocenters. The molecule has 0 aliphatic carbocycles. The van der Waals surface area contributed by atoms with Crippen molar-refractivity contribution in [1.29, 1.82) is 0 Å². The third-order valence-corrected chi connectivity index (χ3v) is 3.99. The summed E-state index contributed by atoms with van der Waals surface area (Å²) >= 11 is 0. The summed E-state index contributed by atoms with van der Waals surface area (Å²) in [5.74, 6) is 0.142. The zero-order valence-electron chi connectivity index (χ0n) is 14.8. The highest BCUT2D eigenvalue weighted by Crippen LogP contribution is 2.36. The number of ether oxygens (including phenoxy) is 1. The van der Waals surface area contributed by atoms with Gasteiger partial charge in [-0.05, 0) is 39.6 Å². The van der Waals surface area contributed by atoms with E-state index in [4.69, 9.17) is 4.74 Å². The number of hydrogen-bond acceptors (Lipinski definition) is 5. The summed E-state index contributed by atoms with van der Waals surface area (Å²) in [5.41, 5.74) is -1.57. The number of anilines is 1. The van der Waals surface area contributed by atoms with E-state index in [-0.39, 0.29) is 5.91 Å². The number of carbonyl (C=O) groups excluding carboxylic acids is 2. The molecule has 0 saturated carbocycles. The molecule has 1 aliphatic heterocycles. The fraction of sp³-hybridized carbons (Fsp3) is 0.588. The summed E-state index contributed by atoms with van der Waals surface area (Å²) in [5, 5.41) is 2.79. The molecule has 1 aliphatic rings. The zero-order chi connectivity index (χ0) is 17.7. The van der Waals surface area contributed by atoms with E-state index in [1.807, 2.05) is 19.0 Å². The highest BCUT2D eigenvalue weighted by Gasteiger charge is 2.50. The zero-order valence-corrected chi connectivity index (χ0v) is 14.8. The Bertz CT molecular complexity index is 605. The highest BCUT2D eigenvalue weighted by atomic mass is 16.5. The number of unbranched alkanes of at least 4 members (excludes halogenated alkanes) is 1. The SMILES string of the molecule is CCCCN1C(=O)[C@](C)(C(=O)NCCN(C)C)Oc2cccnc21. The van der Waals surface area contributed by atoms with Crippen LogP contribution in [0.2, 0.25) is 0 Å². The molecule has 1 atom stereocenters. The minimum atomic E-state index is -1.57. The van der Waals surface area contributed by atoms with Crippen LogP contribution in [0, 0.1) is 0 Å². The Hall–Kier alpha value is -2.15. The molecule has 1 N–H and O–H groups in total. The molecule has 1 aromatic rings. The molecule has 0 fully saturated rings. The van der Waals surface area contributed by atoms with E-state index < -0.39 is 11.5 Å². The maximum atomic E-state index is 12.9. The third kappa shape index (κ3) is 3.67. The van der Waals surface area contributed by atoms with Crippen molar-refractivity contribution in [2.75, 3.05) is 38.6 Å². The van der Waals surface area contributed by atoms with Crippen molar-refractivity contribution in [1.82, 2.24) is 15.2 Å². The number of fused-ring (bicyclic) bond motifs is 1. The highest BCUT2D eigenvalue weighted by molar-refractivity contribution is 6.16. The van der Waals surface area contributed by atoms with Gasteiger partial charge in [-0.1, -0.05) is 13.3 Å². The van der Waals surface area contributed by atoms with Crippen LogP contribution in [0.5, 0.6) is 5.75 Å². The van der Waals surface area contributed by atoms with Gasteiger partial charge in [0.25, 0.3) is 17.4 Å². The molecule has 2 rings (SSSR count). The number of likely N-dealkylation sites (N-methyl/N-ethyl adjacent to an activating group) is 1. The number of amides is 2. The third-order valence-electron chi connectivity index (χ3n) is 3.99. The predicted octanol–water partition coefficient (Wildman–Crippen LogP) is 1.04. The average molecular weight is 334 g/mol. The monoisotopic (exact) mass is 334 g/mol. The Morgan fingerprint density at radius 2 is 2.21 bits per heavy atom. The van der Waals surface area contributed by atoms with Gasteiger partial charge in [0, 0.05) is 25.8 Å². The van der Waals surface area contributed by atoms with Crippen molar-refractivity contribution in [2.45, 2.75) is 32.3 Å². The molecule has 0 spiro atoms. The normalized spacial score (nSPS) is 19.9. The Balaban J connectivity index is 2.24. The first-order chi connectivity index (χ1) is 11.4. The number of rotatable bonds is 7. The fourth-order valence-electron chi connectivity index (χ4n) is 2.51. The minimum Gasteiger partial charge on any atom is -0.464 e. The van der Waals surface area contributed by atoms with E-state index in [0.717, 1.165) is 12.8 Å². The Morgan fingerprint density at radius 3 is 2.88 bits per heavy atom. The van der Waals surface area contributed by atoms with E-state index in [1.165, 1.54) is 6.92 Å². The lowest BCUT2D eigenvalue weighted by molar-refractivity contribution is -0.148. The summed E-state index contributed by atoms with van der Waals surface area (Å²) in [7, 11) is 3.84.